The maximum absolute atomic E-state index is 11.4. The van der Waals surface area contributed by atoms with Crippen LogP contribution in [0.2, 0.25) is 0 Å². The van der Waals surface area contributed by atoms with Gasteiger partial charge in [-0.15, -0.1) is 0 Å². The van der Waals surface area contributed by atoms with Gasteiger partial charge in [-0.25, -0.2) is 0 Å². The van der Waals surface area contributed by atoms with Crippen molar-refractivity contribution in [1.82, 2.24) is 0 Å². The van der Waals surface area contributed by atoms with Crippen LogP contribution in [-0.2, 0) is 4.74 Å². The largest absolute Gasteiger partial charge is 0.487 e. The number of benzene rings is 1. The van der Waals surface area contributed by atoms with E-state index in [4.69, 9.17) is 9.47 Å². The maximum atomic E-state index is 11.4. The zero-order valence-electron chi connectivity index (χ0n) is 9.66. The summed E-state index contributed by atoms with van der Waals surface area (Å²) in [5.41, 5.74) is 1.75. The third-order valence-corrected chi connectivity index (χ3v) is 2.70. The second-order valence-electron chi connectivity index (χ2n) is 4.16. The number of rotatable bonds is 3. The minimum absolute atomic E-state index is 0.0360. The SMILES string of the molecule is CC(=O)c1ccc(C)cc1OC1CCOC1. The summed E-state index contributed by atoms with van der Waals surface area (Å²) < 4.78 is 11.1. The van der Waals surface area contributed by atoms with Crippen LogP contribution in [0.4, 0.5) is 0 Å². The summed E-state index contributed by atoms with van der Waals surface area (Å²) in [7, 11) is 0. The van der Waals surface area contributed by atoms with Gasteiger partial charge in [-0.2, -0.15) is 0 Å². The third-order valence-electron chi connectivity index (χ3n) is 2.70. The second-order valence-corrected chi connectivity index (χ2v) is 4.16. The lowest BCUT2D eigenvalue weighted by atomic mass is 10.1. The lowest BCUT2D eigenvalue weighted by Gasteiger charge is -2.15. The highest BCUT2D eigenvalue weighted by atomic mass is 16.5. The molecule has 1 heterocycles. The van der Waals surface area contributed by atoms with Crippen LogP contribution in [0.15, 0.2) is 18.2 Å². The van der Waals surface area contributed by atoms with Crippen LogP contribution in [0.5, 0.6) is 5.75 Å². The van der Waals surface area contributed by atoms with Gasteiger partial charge < -0.3 is 9.47 Å². The van der Waals surface area contributed by atoms with Crippen molar-refractivity contribution in [2.75, 3.05) is 13.2 Å². The first-order chi connectivity index (χ1) is 7.66. The smallest absolute Gasteiger partial charge is 0.163 e. The first-order valence-corrected chi connectivity index (χ1v) is 5.53. The van der Waals surface area contributed by atoms with Crippen molar-refractivity contribution in [1.29, 1.82) is 0 Å². The van der Waals surface area contributed by atoms with Gasteiger partial charge in [0.2, 0.25) is 0 Å². The van der Waals surface area contributed by atoms with Gasteiger partial charge in [-0.05, 0) is 31.5 Å². The van der Waals surface area contributed by atoms with Crippen LogP contribution in [-0.4, -0.2) is 25.1 Å². The molecule has 1 unspecified atom stereocenters. The molecular weight excluding hydrogens is 204 g/mol. The zero-order valence-corrected chi connectivity index (χ0v) is 9.66. The van der Waals surface area contributed by atoms with Crippen molar-refractivity contribution in [3.05, 3.63) is 29.3 Å². The molecule has 1 aromatic rings. The Labute approximate surface area is 95.4 Å². The Kier molecular flexibility index (Phi) is 3.25. The summed E-state index contributed by atoms with van der Waals surface area (Å²) in [5.74, 6) is 0.719. The van der Waals surface area contributed by atoms with E-state index in [1.54, 1.807) is 6.92 Å². The van der Waals surface area contributed by atoms with E-state index in [0.29, 0.717) is 17.9 Å². The van der Waals surface area contributed by atoms with E-state index in [0.717, 1.165) is 18.6 Å². The topological polar surface area (TPSA) is 35.5 Å². The van der Waals surface area contributed by atoms with Crippen molar-refractivity contribution in [3.63, 3.8) is 0 Å². The number of aryl methyl sites for hydroxylation is 1. The molecule has 0 radical (unpaired) electrons. The number of ketones is 1. The van der Waals surface area contributed by atoms with Gasteiger partial charge in [0.05, 0.1) is 18.8 Å². The minimum atomic E-state index is 0.0360. The van der Waals surface area contributed by atoms with E-state index >= 15 is 0 Å². The first-order valence-electron chi connectivity index (χ1n) is 5.53. The summed E-state index contributed by atoms with van der Waals surface area (Å²) in [6.45, 7) is 4.90. The highest BCUT2D eigenvalue weighted by molar-refractivity contribution is 5.96. The maximum Gasteiger partial charge on any atom is 0.163 e. The Morgan fingerprint density at radius 2 is 2.31 bits per heavy atom. The average Bonchev–Trinajstić information content (AvgIpc) is 2.70. The van der Waals surface area contributed by atoms with Gasteiger partial charge in [0.1, 0.15) is 11.9 Å². The Hall–Kier alpha value is -1.35. The van der Waals surface area contributed by atoms with Crippen LogP contribution in [0.3, 0.4) is 0 Å². The summed E-state index contributed by atoms with van der Waals surface area (Å²) >= 11 is 0. The molecule has 1 fully saturated rings. The number of carbonyl (C=O) groups excluding carboxylic acids is 1. The average molecular weight is 220 g/mol. The number of carbonyl (C=O) groups is 1. The van der Waals surface area contributed by atoms with Crippen molar-refractivity contribution < 1.29 is 14.3 Å². The van der Waals surface area contributed by atoms with Gasteiger partial charge in [-0.3, -0.25) is 4.79 Å². The van der Waals surface area contributed by atoms with Crippen LogP contribution in [0.1, 0.15) is 29.3 Å². The molecule has 1 saturated heterocycles. The fourth-order valence-corrected chi connectivity index (χ4v) is 1.80. The van der Waals surface area contributed by atoms with Gasteiger partial charge in [0.15, 0.2) is 5.78 Å². The molecule has 86 valence electrons. The molecule has 1 aliphatic heterocycles. The Bertz CT molecular complexity index is 392. The van der Waals surface area contributed by atoms with E-state index in [1.165, 1.54) is 0 Å². The van der Waals surface area contributed by atoms with E-state index in [1.807, 2.05) is 25.1 Å². The summed E-state index contributed by atoms with van der Waals surface area (Å²) in [6, 6.07) is 5.66. The van der Waals surface area contributed by atoms with Gasteiger partial charge in [-0.1, -0.05) is 6.07 Å². The molecule has 0 amide bonds. The monoisotopic (exact) mass is 220 g/mol. The summed E-state index contributed by atoms with van der Waals surface area (Å²) in [4.78, 5) is 11.4. The molecule has 2 rings (SSSR count). The standard InChI is InChI=1S/C13H16O3/c1-9-3-4-12(10(2)14)13(7-9)16-11-5-6-15-8-11/h3-4,7,11H,5-6,8H2,1-2H3. The Balaban J connectivity index is 2.22. The molecule has 0 N–H and O–H groups in total. The fourth-order valence-electron chi connectivity index (χ4n) is 1.80. The first kappa shape index (κ1) is 11.1. The Morgan fingerprint density at radius 1 is 1.50 bits per heavy atom. The predicted molar refractivity (Wildman–Crippen MR) is 61.0 cm³/mol. The van der Waals surface area contributed by atoms with Crippen molar-refractivity contribution in [3.8, 4) is 5.75 Å². The number of ether oxygens (including phenoxy) is 2. The van der Waals surface area contributed by atoms with Crippen LogP contribution < -0.4 is 4.74 Å². The van der Waals surface area contributed by atoms with Gasteiger partial charge >= 0.3 is 0 Å². The Morgan fingerprint density at radius 3 is 2.94 bits per heavy atom. The van der Waals surface area contributed by atoms with E-state index in [-0.39, 0.29) is 11.9 Å². The summed E-state index contributed by atoms with van der Waals surface area (Å²) in [5, 5.41) is 0. The minimum Gasteiger partial charge on any atom is -0.487 e. The van der Waals surface area contributed by atoms with Crippen molar-refractivity contribution >= 4 is 5.78 Å². The molecule has 0 saturated carbocycles. The quantitative estimate of drug-likeness (QED) is 0.733. The molecule has 0 aromatic heterocycles. The highest BCUT2D eigenvalue weighted by Gasteiger charge is 2.19. The molecule has 16 heavy (non-hydrogen) atoms. The van der Waals surface area contributed by atoms with Gasteiger partial charge in [0, 0.05) is 6.42 Å². The van der Waals surface area contributed by atoms with Crippen molar-refractivity contribution in [2.24, 2.45) is 0 Å². The van der Waals surface area contributed by atoms with Crippen molar-refractivity contribution in [2.45, 2.75) is 26.4 Å². The molecule has 0 aliphatic carbocycles. The molecule has 1 aliphatic rings. The second kappa shape index (κ2) is 4.66. The van der Waals surface area contributed by atoms with E-state index in [9.17, 15) is 4.79 Å². The lowest BCUT2D eigenvalue weighted by Crippen LogP contribution is -2.17. The highest BCUT2D eigenvalue weighted by Crippen LogP contribution is 2.24. The molecule has 0 bridgehead atoms. The zero-order chi connectivity index (χ0) is 11.5. The predicted octanol–water partition coefficient (Wildman–Crippen LogP) is 2.37. The number of hydrogen-bond acceptors (Lipinski definition) is 3. The molecule has 3 nitrogen and oxygen atoms in total. The van der Waals surface area contributed by atoms with Crippen LogP contribution in [0, 0.1) is 6.92 Å². The van der Waals surface area contributed by atoms with Gasteiger partial charge in [0.25, 0.3) is 0 Å². The fraction of sp³-hybridized carbons (Fsp3) is 0.462. The molecule has 1 aromatic carbocycles. The third kappa shape index (κ3) is 2.42. The van der Waals surface area contributed by atoms with E-state index < -0.39 is 0 Å². The number of hydrogen-bond donors (Lipinski definition) is 0. The van der Waals surface area contributed by atoms with Crippen LogP contribution in [0.25, 0.3) is 0 Å². The normalized spacial score (nSPS) is 19.8. The molecule has 1 atom stereocenters. The molecule has 3 heteroatoms. The summed E-state index contributed by atoms with van der Waals surface area (Å²) in [6.07, 6.45) is 0.977. The lowest BCUT2D eigenvalue weighted by molar-refractivity contribution is 0.100. The van der Waals surface area contributed by atoms with E-state index in [2.05, 4.69) is 0 Å². The molecule has 0 spiro atoms. The number of Topliss-reactive ketones (excluding diaryl/α,β-unsaturated/α-hetero) is 1. The van der Waals surface area contributed by atoms with Crippen LogP contribution >= 0.6 is 0 Å². The molecular formula is C13H16O3.